The number of ether oxygens (including phenoxy) is 1. The van der Waals surface area contributed by atoms with Crippen molar-refractivity contribution in [3.8, 4) is 0 Å². The lowest BCUT2D eigenvalue weighted by molar-refractivity contribution is -0.136. The van der Waals surface area contributed by atoms with Crippen LogP contribution >= 0.6 is 0 Å². The lowest BCUT2D eigenvalue weighted by Crippen LogP contribution is -2.67. The van der Waals surface area contributed by atoms with Gasteiger partial charge in [0.05, 0.1) is 0 Å². The van der Waals surface area contributed by atoms with Crippen LogP contribution in [-0.2, 0) is 9.53 Å². The van der Waals surface area contributed by atoms with Gasteiger partial charge in [0, 0.05) is 44.8 Å². The van der Waals surface area contributed by atoms with Gasteiger partial charge >= 0.3 is 0 Å². The number of rotatable bonds is 2. The maximum atomic E-state index is 12.0. The zero-order valence-electron chi connectivity index (χ0n) is 8.95. The predicted molar refractivity (Wildman–Crippen MR) is 55.5 cm³/mol. The highest BCUT2D eigenvalue weighted by Crippen LogP contribution is 2.23. The molecular formula is C11H18N2O2. The van der Waals surface area contributed by atoms with Gasteiger partial charge in [-0.2, -0.15) is 0 Å². The lowest BCUT2D eigenvalue weighted by atomic mass is 9.90. The van der Waals surface area contributed by atoms with Crippen molar-refractivity contribution in [1.82, 2.24) is 10.2 Å². The molecule has 1 amide bonds. The smallest absolute Gasteiger partial charge is 0.223 e. The minimum absolute atomic E-state index is 0.335. The summed E-state index contributed by atoms with van der Waals surface area (Å²) < 4.78 is 5.29. The number of carbonyl (C=O) groups excluding carboxylic acids is 1. The van der Waals surface area contributed by atoms with Crippen molar-refractivity contribution in [1.29, 1.82) is 0 Å². The van der Waals surface area contributed by atoms with Crippen molar-refractivity contribution in [2.75, 3.05) is 26.3 Å². The molecule has 0 aromatic carbocycles. The molecule has 1 N–H and O–H groups in total. The number of fused-ring (bicyclic) bond motifs is 2. The normalized spacial score (nSPS) is 38.9. The molecule has 0 saturated carbocycles. The van der Waals surface area contributed by atoms with Crippen LogP contribution in [0.5, 0.6) is 0 Å². The first kappa shape index (κ1) is 9.60. The second-order valence-corrected chi connectivity index (χ2v) is 5.03. The van der Waals surface area contributed by atoms with Crippen LogP contribution in [0.15, 0.2) is 0 Å². The van der Waals surface area contributed by atoms with E-state index in [1.165, 1.54) is 6.42 Å². The van der Waals surface area contributed by atoms with E-state index in [1.807, 2.05) is 4.90 Å². The van der Waals surface area contributed by atoms with Crippen LogP contribution in [0.3, 0.4) is 0 Å². The van der Waals surface area contributed by atoms with Gasteiger partial charge in [-0.15, -0.1) is 0 Å². The van der Waals surface area contributed by atoms with Crippen LogP contribution < -0.4 is 5.32 Å². The third-order valence-electron chi connectivity index (χ3n) is 3.76. The number of amides is 1. The van der Waals surface area contributed by atoms with E-state index >= 15 is 0 Å². The average Bonchev–Trinajstić information content (AvgIpc) is 2.69. The van der Waals surface area contributed by atoms with Gasteiger partial charge in [-0.25, -0.2) is 0 Å². The molecule has 15 heavy (non-hydrogen) atoms. The summed E-state index contributed by atoms with van der Waals surface area (Å²) in [6.45, 7) is 3.46. The summed E-state index contributed by atoms with van der Waals surface area (Å²) >= 11 is 0. The number of nitrogens with one attached hydrogen (secondary N) is 1. The highest BCUT2D eigenvalue weighted by Gasteiger charge is 2.38. The lowest BCUT2D eigenvalue weighted by Gasteiger charge is -2.48. The Kier molecular flexibility index (Phi) is 2.41. The predicted octanol–water partition coefficient (Wildman–Crippen LogP) is -0.0143. The van der Waals surface area contributed by atoms with Crippen LogP contribution in [0, 0.1) is 5.92 Å². The fourth-order valence-corrected chi connectivity index (χ4v) is 2.84. The van der Waals surface area contributed by atoms with Crippen LogP contribution in [0.4, 0.5) is 0 Å². The van der Waals surface area contributed by atoms with Gasteiger partial charge in [0.25, 0.3) is 0 Å². The van der Waals surface area contributed by atoms with E-state index in [1.54, 1.807) is 0 Å². The molecule has 4 heteroatoms. The van der Waals surface area contributed by atoms with Gasteiger partial charge in [-0.1, -0.05) is 0 Å². The highest BCUT2D eigenvalue weighted by molar-refractivity contribution is 5.77. The molecule has 4 aliphatic rings. The van der Waals surface area contributed by atoms with Crippen molar-refractivity contribution in [2.24, 2.45) is 5.92 Å². The van der Waals surface area contributed by atoms with E-state index in [0.717, 1.165) is 32.7 Å². The van der Waals surface area contributed by atoms with Gasteiger partial charge in [0.1, 0.15) is 0 Å². The number of hydrogen-bond donors (Lipinski definition) is 1. The molecule has 0 radical (unpaired) electrons. The molecule has 0 spiro atoms. The molecule has 0 aromatic heterocycles. The van der Waals surface area contributed by atoms with E-state index in [-0.39, 0.29) is 0 Å². The SMILES string of the molecule is O=C(CC1CCOC1)N1CC2CC(C1)N2. The first-order valence-corrected chi connectivity index (χ1v) is 5.93. The number of carbonyl (C=O) groups is 1. The second kappa shape index (κ2) is 3.76. The van der Waals surface area contributed by atoms with Crippen molar-refractivity contribution in [2.45, 2.75) is 31.3 Å². The summed E-state index contributed by atoms with van der Waals surface area (Å²) in [5, 5.41) is 3.44. The number of piperidine rings is 1. The van der Waals surface area contributed by atoms with E-state index in [9.17, 15) is 4.79 Å². The Labute approximate surface area is 90.0 Å². The molecule has 4 aliphatic heterocycles. The van der Waals surface area contributed by atoms with Gasteiger partial charge in [0.2, 0.25) is 5.91 Å². The molecule has 3 unspecified atom stereocenters. The topological polar surface area (TPSA) is 41.6 Å². The molecule has 4 nitrogen and oxygen atoms in total. The number of nitrogens with zero attached hydrogens (tertiary/aromatic N) is 1. The molecule has 0 aromatic rings. The molecule has 84 valence electrons. The minimum Gasteiger partial charge on any atom is -0.381 e. The van der Waals surface area contributed by atoms with E-state index < -0.39 is 0 Å². The van der Waals surface area contributed by atoms with Gasteiger partial charge < -0.3 is 15.0 Å². The summed E-state index contributed by atoms with van der Waals surface area (Å²) in [5.41, 5.74) is 0. The van der Waals surface area contributed by atoms with E-state index in [0.29, 0.717) is 30.3 Å². The van der Waals surface area contributed by atoms with Crippen LogP contribution in [-0.4, -0.2) is 49.2 Å². The maximum Gasteiger partial charge on any atom is 0.223 e. The van der Waals surface area contributed by atoms with E-state index in [2.05, 4.69) is 5.32 Å². The van der Waals surface area contributed by atoms with Gasteiger partial charge in [-0.05, 0) is 18.8 Å². The number of hydrogen-bond acceptors (Lipinski definition) is 3. The van der Waals surface area contributed by atoms with E-state index in [4.69, 9.17) is 4.74 Å². The zero-order valence-corrected chi connectivity index (χ0v) is 8.95. The van der Waals surface area contributed by atoms with Crippen LogP contribution in [0.1, 0.15) is 19.3 Å². The molecule has 0 aliphatic carbocycles. The van der Waals surface area contributed by atoms with Crippen molar-refractivity contribution < 1.29 is 9.53 Å². The monoisotopic (exact) mass is 210 g/mol. The third-order valence-corrected chi connectivity index (χ3v) is 3.76. The fraction of sp³-hybridized carbons (Fsp3) is 0.909. The van der Waals surface area contributed by atoms with Gasteiger partial charge in [0.15, 0.2) is 0 Å². The Balaban J connectivity index is 1.51. The molecule has 4 saturated heterocycles. The molecule has 4 heterocycles. The average molecular weight is 210 g/mol. The van der Waals surface area contributed by atoms with Crippen LogP contribution in [0.25, 0.3) is 0 Å². The second-order valence-electron chi connectivity index (χ2n) is 5.03. The van der Waals surface area contributed by atoms with Gasteiger partial charge in [-0.3, -0.25) is 4.79 Å². The summed E-state index contributed by atoms with van der Waals surface area (Å²) in [6, 6.07) is 1.15. The molecule has 4 fully saturated rings. The summed E-state index contributed by atoms with van der Waals surface area (Å²) in [5.74, 6) is 0.811. The first-order valence-electron chi connectivity index (χ1n) is 5.93. The standard InChI is InChI=1S/C11H18N2O2/c14-11(3-8-1-2-15-7-8)13-5-9-4-10(6-13)12-9/h8-10,12H,1-7H2. The first-order chi connectivity index (χ1) is 7.31. The molecule has 3 atom stereocenters. The summed E-state index contributed by atoms with van der Waals surface area (Å²) in [4.78, 5) is 14.0. The maximum absolute atomic E-state index is 12.0. The third kappa shape index (κ3) is 1.88. The Morgan fingerprint density at radius 2 is 2.13 bits per heavy atom. The zero-order chi connectivity index (χ0) is 10.3. The Hall–Kier alpha value is -0.610. The quantitative estimate of drug-likeness (QED) is 0.697. The molecular weight excluding hydrogens is 192 g/mol. The minimum atomic E-state index is 0.335. The molecule has 4 rings (SSSR count). The summed E-state index contributed by atoms with van der Waals surface area (Å²) in [6.07, 6.45) is 3.01. The highest BCUT2D eigenvalue weighted by atomic mass is 16.5. The Morgan fingerprint density at radius 1 is 1.40 bits per heavy atom. The Bertz CT molecular complexity index is 247. The number of piperazine rings is 1. The fourth-order valence-electron chi connectivity index (χ4n) is 2.84. The summed E-state index contributed by atoms with van der Waals surface area (Å²) in [7, 11) is 0. The van der Waals surface area contributed by atoms with Crippen LogP contribution in [0.2, 0.25) is 0 Å². The largest absolute Gasteiger partial charge is 0.381 e. The van der Waals surface area contributed by atoms with Crippen molar-refractivity contribution in [3.05, 3.63) is 0 Å². The van der Waals surface area contributed by atoms with Crippen molar-refractivity contribution in [3.63, 3.8) is 0 Å². The molecule has 2 bridgehead atoms. The Morgan fingerprint density at radius 3 is 2.73 bits per heavy atom. The van der Waals surface area contributed by atoms with Crippen molar-refractivity contribution >= 4 is 5.91 Å².